The van der Waals surface area contributed by atoms with Gasteiger partial charge in [-0.2, -0.15) is 0 Å². The molecule has 0 amide bonds. The van der Waals surface area contributed by atoms with Crippen LogP contribution in [0.15, 0.2) is 53.7 Å². The van der Waals surface area contributed by atoms with Crippen molar-refractivity contribution in [3.05, 3.63) is 65.5 Å². The van der Waals surface area contributed by atoms with E-state index in [1.165, 1.54) is 11.1 Å². The van der Waals surface area contributed by atoms with E-state index >= 15 is 0 Å². The molecule has 0 spiro atoms. The van der Waals surface area contributed by atoms with Crippen LogP contribution in [0.2, 0.25) is 0 Å². The highest BCUT2D eigenvalue weighted by Gasteiger charge is 2.04. The van der Waals surface area contributed by atoms with E-state index in [0.717, 1.165) is 5.69 Å². The van der Waals surface area contributed by atoms with E-state index in [1.807, 2.05) is 30.5 Å². The molecule has 1 atom stereocenters. The lowest BCUT2D eigenvalue weighted by Crippen LogP contribution is -1.95. The van der Waals surface area contributed by atoms with Gasteiger partial charge >= 0.3 is 0 Å². The fourth-order valence-corrected chi connectivity index (χ4v) is 1.78. The first-order valence-corrected chi connectivity index (χ1v) is 5.77. The normalized spacial score (nSPS) is 12.8. The fourth-order valence-electron chi connectivity index (χ4n) is 1.78. The van der Waals surface area contributed by atoms with E-state index in [1.54, 1.807) is 6.20 Å². The molecule has 0 radical (unpaired) electrons. The van der Waals surface area contributed by atoms with Gasteiger partial charge in [-0.15, -0.1) is 0 Å². The summed E-state index contributed by atoms with van der Waals surface area (Å²) < 4.78 is 0. The third-order valence-electron chi connectivity index (χ3n) is 2.76. The Kier molecular flexibility index (Phi) is 3.66. The number of hydrogen-bond acceptors (Lipinski definition) is 2. The first-order valence-electron chi connectivity index (χ1n) is 5.77. The topological polar surface area (TPSA) is 25.2 Å². The maximum atomic E-state index is 4.54. The minimum absolute atomic E-state index is 0.165. The van der Waals surface area contributed by atoms with Gasteiger partial charge in [-0.3, -0.25) is 9.98 Å². The van der Waals surface area contributed by atoms with Crippen LogP contribution >= 0.6 is 0 Å². The van der Waals surface area contributed by atoms with E-state index in [9.17, 15) is 0 Å². The fraction of sp³-hybridized carbons (Fsp3) is 0.200. The second-order valence-electron chi connectivity index (χ2n) is 4.07. The van der Waals surface area contributed by atoms with E-state index < -0.39 is 0 Å². The third-order valence-corrected chi connectivity index (χ3v) is 2.76. The lowest BCUT2D eigenvalue weighted by atomic mass is 10.0. The van der Waals surface area contributed by atoms with Gasteiger partial charge in [-0.25, -0.2) is 0 Å². The molecule has 0 aliphatic heterocycles. The standard InChI is InChI=1S/C15H16N2/c1-12-7-3-4-9-15(12)13(2)17-11-14-8-5-6-10-16-14/h3-11,13H,1-2H3/b17-11+/t13-/m0/s1. The van der Waals surface area contributed by atoms with Crippen LogP contribution in [-0.2, 0) is 0 Å². The van der Waals surface area contributed by atoms with Crippen LogP contribution in [0.3, 0.4) is 0 Å². The molecule has 0 unspecified atom stereocenters. The summed E-state index contributed by atoms with van der Waals surface area (Å²) >= 11 is 0. The Hall–Kier alpha value is -1.96. The zero-order chi connectivity index (χ0) is 12.1. The number of nitrogens with zero attached hydrogens (tertiary/aromatic N) is 2. The van der Waals surface area contributed by atoms with Gasteiger partial charge in [-0.05, 0) is 37.1 Å². The van der Waals surface area contributed by atoms with Crippen LogP contribution in [0.4, 0.5) is 0 Å². The Bertz CT molecular complexity index is 503. The molecule has 2 aromatic rings. The van der Waals surface area contributed by atoms with Crippen molar-refractivity contribution in [3.63, 3.8) is 0 Å². The summed E-state index contributed by atoms with van der Waals surface area (Å²) in [5.74, 6) is 0. The predicted octanol–water partition coefficient (Wildman–Crippen LogP) is 3.57. The van der Waals surface area contributed by atoms with Gasteiger partial charge in [0.1, 0.15) is 0 Å². The molecular weight excluding hydrogens is 208 g/mol. The van der Waals surface area contributed by atoms with E-state index in [2.05, 4.69) is 42.0 Å². The zero-order valence-electron chi connectivity index (χ0n) is 10.2. The van der Waals surface area contributed by atoms with Crippen LogP contribution in [0.25, 0.3) is 0 Å². The Labute approximate surface area is 102 Å². The van der Waals surface area contributed by atoms with Crippen LogP contribution in [-0.4, -0.2) is 11.2 Å². The van der Waals surface area contributed by atoms with Gasteiger partial charge in [0.15, 0.2) is 0 Å². The van der Waals surface area contributed by atoms with Crippen molar-refractivity contribution in [1.29, 1.82) is 0 Å². The molecule has 0 fully saturated rings. The number of hydrogen-bond donors (Lipinski definition) is 0. The smallest absolute Gasteiger partial charge is 0.0808 e. The SMILES string of the molecule is Cc1ccccc1[C@H](C)/N=C/c1ccccn1. The van der Waals surface area contributed by atoms with E-state index in [0.29, 0.717) is 0 Å². The predicted molar refractivity (Wildman–Crippen MR) is 71.4 cm³/mol. The summed E-state index contributed by atoms with van der Waals surface area (Å²) in [5.41, 5.74) is 3.44. The summed E-state index contributed by atoms with van der Waals surface area (Å²) in [6.45, 7) is 4.21. The third kappa shape index (κ3) is 3.00. The second-order valence-corrected chi connectivity index (χ2v) is 4.07. The van der Waals surface area contributed by atoms with Gasteiger partial charge in [0, 0.05) is 12.4 Å². The molecular formula is C15H16N2. The summed E-state index contributed by atoms with van der Waals surface area (Å²) in [7, 11) is 0. The first kappa shape index (κ1) is 11.5. The summed E-state index contributed by atoms with van der Waals surface area (Å²) in [5, 5.41) is 0. The average Bonchev–Trinajstić information content (AvgIpc) is 2.38. The van der Waals surface area contributed by atoms with E-state index in [4.69, 9.17) is 0 Å². The highest BCUT2D eigenvalue weighted by molar-refractivity contribution is 5.76. The molecule has 1 aromatic carbocycles. The molecule has 2 rings (SSSR count). The minimum Gasteiger partial charge on any atom is -0.283 e. The Balaban J connectivity index is 2.15. The Morgan fingerprint density at radius 1 is 1.12 bits per heavy atom. The van der Waals surface area contributed by atoms with Crippen LogP contribution in [0, 0.1) is 6.92 Å². The number of pyridine rings is 1. The van der Waals surface area contributed by atoms with Crippen molar-refractivity contribution >= 4 is 6.21 Å². The highest BCUT2D eigenvalue weighted by atomic mass is 14.8. The maximum Gasteiger partial charge on any atom is 0.0808 e. The number of aryl methyl sites for hydroxylation is 1. The van der Waals surface area contributed by atoms with Gasteiger partial charge in [0.25, 0.3) is 0 Å². The van der Waals surface area contributed by atoms with Crippen LogP contribution in [0.1, 0.15) is 29.8 Å². The van der Waals surface area contributed by atoms with Crippen LogP contribution < -0.4 is 0 Å². The molecule has 0 saturated carbocycles. The Morgan fingerprint density at radius 3 is 2.59 bits per heavy atom. The number of aromatic nitrogens is 1. The lowest BCUT2D eigenvalue weighted by Gasteiger charge is -2.09. The lowest BCUT2D eigenvalue weighted by molar-refractivity contribution is 0.816. The molecule has 86 valence electrons. The summed E-state index contributed by atoms with van der Waals surface area (Å²) in [6.07, 6.45) is 3.61. The van der Waals surface area contributed by atoms with Gasteiger partial charge < -0.3 is 0 Å². The van der Waals surface area contributed by atoms with Gasteiger partial charge in [0.2, 0.25) is 0 Å². The molecule has 2 heteroatoms. The molecule has 1 aromatic heterocycles. The van der Waals surface area contributed by atoms with Gasteiger partial charge in [0.05, 0.1) is 11.7 Å². The van der Waals surface area contributed by atoms with Crippen molar-refractivity contribution in [1.82, 2.24) is 4.98 Å². The first-order chi connectivity index (χ1) is 8.27. The van der Waals surface area contributed by atoms with Crippen molar-refractivity contribution in [2.24, 2.45) is 4.99 Å². The number of benzene rings is 1. The van der Waals surface area contributed by atoms with Crippen LogP contribution in [0.5, 0.6) is 0 Å². The average molecular weight is 224 g/mol. The highest BCUT2D eigenvalue weighted by Crippen LogP contribution is 2.19. The molecule has 2 nitrogen and oxygen atoms in total. The van der Waals surface area contributed by atoms with Crippen molar-refractivity contribution in [3.8, 4) is 0 Å². The minimum atomic E-state index is 0.165. The maximum absolute atomic E-state index is 4.54. The van der Waals surface area contributed by atoms with Crippen molar-refractivity contribution in [2.45, 2.75) is 19.9 Å². The molecule has 0 saturated heterocycles. The number of aliphatic imine (C=N–C) groups is 1. The molecule has 0 bridgehead atoms. The van der Waals surface area contributed by atoms with Gasteiger partial charge in [-0.1, -0.05) is 30.3 Å². The van der Waals surface area contributed by atoms with Crippen molar-refractivity contribution < 1.29 is 0 Å². The molecule has 0 aliphatic rings. The molecule has 1 heterocycles. The molecule has 0 aliphatic carbocycles. The quantitative estimate of drug-likeness (QED) is 0.732. The summed E-state index contributed by atoms with van der Waals surface area (Å²) in [6, 6.07) is 14.3. The second kappa shape index (κ2) is 5.39. The molecule has 0 N–H and O–H groups in total. The van der Waals surface area contributed by atoms with Crippen molar-refractivity contribution in [2.75, 3.05) is 0 Å². The summed E-state index contributed by atoms with van der Waals surface area (Å²) in [4.78, 5) is 8.76. The monoisotopic (exact) mass is 224 g/mol. The molecule has 17 heavy (non-hydrogen) atoms. The number of rotatable bonds is 3. The van der Waals surface area contributed by atoms with E-state index in [-0.39, 0.29) is 6.04 Å². The Morgan fingerprint density at radius 2 is 1.88 bits per heavy atom. The largest absolute Gasteiger partial charge is 0.283 e. The zero-order valence-corrected chi connectivity index (χ0v) is 10.2.